The Balaban J connectivity index is 5.49. The first-order chi connectivity index (χ1) is 18.5. The van der Waals surface area contributed by atoms with Crippen molar-refractivity contribution in [3.8, 4) is 0 Å². The predicted octanol–water partition coefficient (Wildman–Crippen LogP) is 2.54. The van der Waals surface area contributed by atoms with Crippen LogP contribution in [0.15, 0.2) is 11.8 Å². The second kappa shape index (κ2) is 22.0. The Morgan fingerprint density at radius 3 is 1.56 bits per heavy atom. The Kier molecular flexibility index (Phi) is 21.0. The molecule has 10 nitrogen and oxygen atoms in total. The summed E-state index contributed by atoms with van der Waals surface area (Å²) in [4.78, 5) is 39.5. The zero-order valence-corrected chi connectivity index (χ0v) is 26.6. The maximum atomic E-state index is 13.3. The van der Waals surface area contributed by atoms with E-state index in [-0.39, 0.29) is 31.6 Å². The fourth-order valence-corrected chi connectivity index (χ4v) is 4.50. The summed E-state index contributed by atoms with van der Waals surface area (Å²) in [5, 5.41) is 12.9. The van der Waals surface area contributed by atoms with Crippen LogP contribution < -0.4 is 21.3 Å². The molecular formula is C28H56N4O6Si. The van der Waals surface area contributed by atoms with Crippen molar-refractivity contribution in [1.82, 2.24) is 21.3 Å². The second-order valence-electron chi connectivity index (χ2n) is 10.6. The molecule has 0 rings (SSSR count). The first kappa shape index (κ1) is 37.2. The van der Waals surface area contributed by atoms with Gasteiger partial charge in [-0.15, -0.1) is 6.58 Å². The number of carbonyl (C=O) groups excluding carboxylic acids is 3. The van der Waals surface area contributed by atoms with Crippen LogP contribution in [0.25, 0.3) is 0 Å². The molecule has 0 spiro atoms. The van der Waals surface area contributed by atoms with Crippen LogP contribution >= 0.6 is 0 Å². The average molecular weight is 573 g/mol. The minimum atomic E-state index is -1.64. The van der Waals surface area contributed by atoms with Crippen LogP contribution in [0.5, 0.6) is 0 Å². The summed E-state index contributed by atoms with van der Waals surface area (Å²) in [5.41, 5.74) is 0. The van der Waals surface area contributed by atoms with Gasteiger partial charge in [-0.2, -0.15) is 0 Å². The highest BCUT2D eigenvalue weighted by molar-refractivity contribution is 6.84. The third-order valence-corrected chi connectivity index (χ3v) is 10.1. The molecule has 0 heterocycles. The number of carbonyl (C=O) groups is 3. The van der Waals surface area contributed by atoms with Crippen molar-refractivity contribution in [2.45, 2.75) is 97.6 Å². The Hall–Kier alpha value is -1.79. The molecule has 0 aromatic carbocycles. The normalized spacial score (nSPS) is 13.8. The zero-order chi connectivity index (χ0) is 29.7. The summed E-state index contributed by atoms with van der Waals surface area (Å²) in [6.45, 7) is 21.3. The van der Waals surface area contributed by atoms with E-state index in [0.717, 1.165) is 31.7 Å². The lowest BCUT2D eigenvalue weighted by Crippen LogP contribution is -2.59. The zero-order valence-electron chi connectivity index (χ0n) is 25.6. The Morgan fingerprint density at radius 2 is 1.13 bits per heavy atom. The summed E-state index contributed by atoms with van der Waals surface area (Å²) in [5.74, 6) is -1.17. The summed E-state index contributed by atoms with van der Waals surface area (Å²) in [6.07, 6.45) is 3.25. The lowest BCUT2D eigenvalue weighted by molar-refractivity contribution is -0.135. The van der Waals surface area contributed by atoms with E-state index >= 15 is 0 Å². The summed E-state index contributed by atoms with van der Waals surface area (Å²) < 4.78 is 16.9. The SMILES string of the molecule is C=C(C)[Si](C)(C)CCNC(=O)C(COCCC)NC(=O)C(COCCC)NC(=O)C(COCCC)NCCC. The first-order valence-corrected chi connectivity index (χ1v) is 17.8. The van der Waals surface area contributed by atoms with E-state index in [1.165, 1.54) is 5.20 Å². The van der Waals surface area contributed by atoms with Crippen LogP contribution in [-0.4, -0.2) is 96.7 Å². The quantitative estimate of drug-likeness (QED) is 0.103. The van der Waals surface area contributed by atoms with Crippen molar-refractivity contribution in [1.29, 1.82) is 0 Å². The van der Waals surface area contributed by atoms with Gasteiger partial charge in [-0.3, -0.25) is 14.4 Å². The van der Waals surface area contributed by atoms with Gasteiger partial charge in [0.15, 0.2) is 0 Å². The van der Waals surface area contributed by atoms with Crippen molar-refractivity contribution in [3.05, 3.63) is 11.8 Å². The molecule has 0 fully saturated rings. The molecule has 39 heavy (non-hydrogen) atoms. The molecule has 0 bridgehead atoms. The van der Waals surface area contributed by atoms with Gasteiger partial charge in [0.05, 0.1) is 27.9 Å². The molecule has 0 aliphatic rings. The summed E-state index contributed by atoms with van der Waals surface area (Å²) in [6, 6.07) is -1.63. The Morgan fingerprint density at radius 1 is 0.692 bits per heavy atom. The van der Waals surface area contributed by atoms with E-state index in [1.54, 1.807) is 0 Å². The standard InChI is InChI=1S/C28H56N4O6Si/c1-9-13-29-23(19-36-15-10-2)27(34)32-25(21-38-17-12-4)28(35)31-24(20-37-16-11-3)26(33)30-14-18-39(7,8)22(5)6/h23-25,29H,5,9-21H2,1-4,6-8H3,(H,30,33)(H,31,35)(H,32,34). The molecule has 3 atom stereocenters. The number of hydrogen-bond donors (Lipinski definition) is 4. The molecule has 4 N–H and O–H groups in total. The van der Waals surface area contributed by atoms with Crippen molar-refractivity contribution >= 4 is 25.8 Å². The van der Waals surface area contributed by atoms with E-state index in [2.05, 4.69) is 40.9 Å². The number of allylic oxidation sites excluding steroid dienone is 1. The van der Waals surface area contributed by atoms with Gasteiger partial charge >= 0.3 is 0 Å². The van der Waals surface area contributed by atoms with Crippen LogP contribution in [0.3, 0.4) is 0 Å². The lowest BCUT2D eigenvalue weighted by atomic mass is 10.2. The van der Waals surface area contributed by atoms with Crippen LogP contribution in [-0.2, 0) is 28.6 Å². The summed E-state index contributed by atoms with van der Waals surface area (Å²) >= 11 is 0. The molecular weight excluding hydrogens is 516 g/mol. The van der Waals surface area contributed by atoms with Gasteiger partial charge in [-0.05, 0) is 45.2 Å². The maximum Gasteiger partial charge on any atom is 0.245 e. The van der Waals surface area contributed by atoms with Gasteiger partial charge < -0.3 is 35.5 Å². The van der Waals surface area contributed by atoms with Crippen LogP contribution in [0.4, 0.5) is 0 Å². The van der Waals surface area contributed by atoms with Gasteiger partial charge in [0.2, 0.25) is 17.7 Å². The summed E-state index contributed by atoms with van der Waals surface area (Å²) in [7, 11) is -1.64. The highest BCUT2D eigenvalue weighted by Crippen LogP contribution is 2.16. The molecule has 228 valence electrons. The van der Waals surface area contributed by atoms with E-state index < -0.39 is 32.1 Å². The third kappa shape index (κ3) is 16.8. The number of nitrogens with one attached hydrogen (secondary N) is 4. The number of amides is 3. The fourth-order valence-electron chi connectivity index (χ4n) is 3.33. The first-order valence-electron chi connectivity index (χ1n) is 14.5. The second-order valence-corrected chi connectivity index (χ2v) is 15.7. The molecule has 0 aromatic rings. The van der Waals surface area contributed by atoms with E-state index in [4.69, 9.17) is 14.2 Å². The molecule has 0 aliphatic heterocycles. The molecule has 11 heteroatoms. The molecule has 3 unspecified atom stereocenters. The Bertz CT molecular complexity index is 722. The van der Waals surface area contributed by atoms with Crippen LogP contribution in [0.1, 0.15) is 60.3 Å². The van der Waals surface area contributed by atoms with Gasteiger partial charge in [0.1, 0.15) is 18.1 Å². The van der Waals surface area contributed by atoms with Crippen molar-refractivity contribution < 1.29 is 28.6 Å². The average Bonchev–Trinajstić information content (AvgIpc) is 2.89. The fraction of sp³-hybridized carbons (Fsp3) is 0.821. The topological polar surface area (TPSA) is 127 Å². The molecule has 0 saturated heterocycles. The monoisotopic (exact) mass is 572 g/mol. The van der Waals surface area contributed by atoms with Crippen LogP contribution in [0, 0.1) is 0 Å². The molecule has 0 aromatic heterocycles. The molecule has 0 radical (unpaired) electrons. The minimum absolute atomic E-state index is 0.00964. The molecule has 0 aliphatic carbocycles. The van der Waals surface area contributed by atoms with Gasteiger partial charge in [-0.1, -0.05) is 46.0 Å². The van der Waals surface area contributed by atoms with Gasteiger partial charge in [-0.25, -0.2) is 0 Å². The lowest BCUT2D eigenvalue weighted by Gasteiger charge is -2.26. The smallest absolute Gasteiger partial charge is 0.245 e. The van der Waals surface area contributed by atoms with E-state index in [9.17, 15) is 14.4 Å². The molecule has 0 saturated carbocycles. The highest BCUT2D eigenvalue weighted by atomic mass is 28.3. The van der Waals surface area contributed by atoms with Gasteiger partial charge in [0.25, 0.3) is 0 Å². The number of hydrogen-bond acceptors (Lipinski definition) is 7. The van der Waals surface area contributed by atoms with Crippen molar-refractivity contribution in [3.63, 3.8) is 0 Å². The Labute approximate surface area is 237 Å². The third-order valence-electron chi connectivity index (χ3n) is 6.33. The van der Waals surface area contributed by atoms with Crippen molar-refractivity contribution in [2.75, 3.05) is 52.7 Å². The van der Waals surface area contributed by atoms with Crippen molar-refractivity contribution in [2.24, 2.45) is 0 Å². The highest BCUT2D eigenvalue weighted by Gasteiger charge is 2.30. The molecule has 3 amide bonds. The van der Waals surface area contributed by atoms with Crippen LogP contribution in [0.2, 0.25) is 19.1 Å². The minimum Gasteiger partial charge on any atom is -0.379 e. The number of ether oxygens (including phenoxy) is 3. The van der Waals surface area contributed by atoms with Gasteiger partial charge in [0, 0.05) is 26.4 Å². The largest absolute Gasteiger partial charge is 0.379 e. The maximum absolute atomic E-state index is 13.3. The van der Waals surface area contributed by atoms with E-state index in [0.29, 0.717) is 32.9 Å². The number of rotatable bonds is 24. The predicted molar refractivity (Wildman–Crippen MR) is 159 cm³/mol. The van der Waals surface area contributed by atoms with E-state index in [1.807, 2.05) is 34.6 Å².